The summed E-state index contributed by atoms with van der Waals surface area (Å²) >= 11 is 5.93. The lowest BCUT2D eigenvalue weighted by atomic mass is 10.2. The molecule has 0 bridgehead atoms. The lowest BCUT2D eigenvalue weighted by Crippen LogP contribution is -2.44. The van der Waals surface area contributed by atoms with Crippen LogP contribution in [0.5, 0.6) is 5.75 Å². The van der Waals surface area contributed by atoms with Crippen LogP contribution in [0.4, 0.5) is 5.82 Å². The van der Waals surface area contributed by atoms with Crippen molar-refractivity contribution in [2.24, 2.45) is 0 Å². The van der Waals surface area contributed by atoms with Gasteiger partial charge in [0.05, 0.1) is 0 Å². The molecular formula is C20H25ClN4O2. The molecule has 1 atom stereocenters. The average Bonchev–Trinajstić information content (AvgIpc) is 2.67. The first kappa shape index (κ1) is 19.5. The number of nitrogens with zero attached hydrogens (tertiary/aromatic N) is 3. The van der Waals surface area contributed by atoms with Gasteiger partial charge in [-0.2, -0.15) is 0 Å². The van der Waals surface area contributed by atoms with Gasteiger partial charge in [-0.25, -0.2) is 4.98 Å². The smallest absolute Gasteiger partial charge is 0.261 e. The van der Waals surface area contributed by atoms with Crippen LogP contribution >= 0.6 is 11.6 Å². The highest BCUT2D eigenvalue weighted by Gasteiger charge is 2.16. The predicted molar refractivity (Wildman–Crippen MR) is 107 cm³/mol. The molecule has 144 valence electrons. The number of rotatable bonds is 6. The van der Waals surface area contributed by atoms with Crippen LogP contribution in [-0.4, -0.2) is 55.1 Å². The van der Waals surface area contributed by atoms with E-state index in [0.717, 1.165) is 37.6 Å². The molecule has 1 aliphatic rings. The Morgan fingerprint density at radius 2 is 2.04 bits per heavy atom. The van der Waals surface area contributed by atoms with Gasteiger partial charge in [-0.3, -0.25) is 4.79 Å². The quantitative estimate of drug-likeness (QED) is 0.824. The fourth-order valence-corrected chi connectivity index (χ4v) is 3.05. The molecule has 1 N–H and O–H groups in total. The van der Waals surface area contributed by atoms with Crippen LogP contribution in [-0.2, 0) is 11.3 Å². The van der Waals surface area contributed by atoms with Crippen molar-refractivity contribution < 1.29 is 9.53 Å². The number of carbonyl (C=O) groups excluding carboxylic acids is 1. The second-order valence-corrected chi connectivity index (χ2v) is 7.19. The van der Waals surface area contributed by atoms with Crippen molar-refractivity contribution in [3.8, 4) is 5.75 Å². The van der Waals surface area contributed by atoms with E-state index in [2.05, 4.69) is 27.1 Å². The molecule has 1 amide bonds. The topological polar surface area (TPSA) is 57.7 Å². The third-order valence-electron chi connectivity index (χ3n) is 4.58. The SMILES string of the molecule is CC(Oc1cccc(Cl)c1)C(=O)NCc1ccc(N2CCN(C)CC2)nc1. The third-order valence-corrected chi connectivity index (χ3v) is 4.82. The maximum absolute atomic E-state index is 12.2. The molecule has 1 fully saturated rings. The number of carbonyl (C=O) groups is 1. The minimum absolute atomic E-state index is 0.182. The van der Waals surface area contributed by atoms with Gasteiger partial charge in [0, 0.05) is 43.9 Å². The number of benzene rings is 1. The number of nitrogens with one attached hydrogen (secondary N) is 1. The molecule has 2 heterocycles. The molecule has 1 aromatic heterocycles. The van der Waals surface area contributed by atoms with E-state index in [0.29, 0.717) is 17.3 Å². The van der Waals surface area contributed by atoms with Gasteiger partial charge in [-0.05, 0) is 43.8 Å². The van der Waals surface area contributed by atoms with Crippen molar-refractivity contribution in [1.82, 2.24) is 15.2 Å². The lowest BCUT2D eigenvalue weighted by Gasteiger charge is -2.33. The standard InChI is InChI=1S/C20H25ClN4O2/c1-15(27-18-5-3-4-17(21)12-18)20(26)23-14-16-6-7-19(22-13-16)25-10-8-24(2)9-11-25/h3-7,12-13,15H,8-11,14H2,1-2H3,(H,23,26). The molecule has 0 spiro atoms. The summed E-state index contributed by atoms with van der Waals surface area (Å²) in [4.78, 5) is 21.4. The zero-order valence-corrected chi connectivity index (χ0v) is 16.4. The molecule has 2 aromatic rings. The van der Waals surface area contributed by atoms with Gasteiger partial charge >= 0.3 is 0 Å². The maximum Gasteiger partial charge on any atom is 0.261 e. The number of piperazine rings is 1. The summed E-state index contributed by atoms with van der Waals surface area (Å²) in [5.74, 6) is 1.37. The molecule has 0 saturated carbocycles. The second-order valence-electron chi connectivity index (χ2n) is 6.75. The highest BCUT2D eigenvalue weighted by molar-refractivity contribution is 6.30. The Morgan fingerprint density at radius 1 is 1.26 bits per heavy atom. The summed E-state index contributed by atoms with van der Waals surface area (Å²) in [6, 6.07) is 11.0. The molecule has 3 rings (SSSR count). The molecule has 1 aliphatic heterocycles. The summed E-state index contributed by atoms with van der Waals surface area (Å²) in [7, 11) is 2.13. The minimum atomic E-state index is -0.610. The Hall–Kier alpha value is -2.31. The van der Waals surface area contributed by atoms with Gasteiger partial charge in [0.2, 0.25) is 0 Å². The van der Waals surface area contributed by atoms with E-state index in [-0.39, 0.29) is 5.91 Å². The molecule has 6 nitrogen and oxygen atoms in total. The first-order chi connectivity index (χ1) is 13.0. The average molecular weight is 389 g/mol. The highest BCUT2D eigenvalue weighted by atomic mass is 35.5. The van der Waals surface area contributed by atoms with Crippen molar-refractivity contribution >= 4 is 23.3 Å². The predicted octanol–water partition coefficient (Wildman–Crippen LogP) is 2.57. The monoisotopic (exact) mass is 388 g/mol. The Labute approximate surface area is 165 Å². The van der Waals surface area contributed by atoms with E-state index >= 15 is 0 Å². The Balaban J connectivity index is 1.48. The fourth-order valence-electron chi connectivity index (χ4n) is 2.87. The molecule has 1 aromatic carbocycles. The summed E-state index contributed by atoms with van der Waals surface area (Å²) in [6.07, 6.45) is 1.21. The van der Waals surface area contributed by atoms with Crippen molar-refractivity contribution in [1.29, 1.82) is 0 Å². The second kappa shape index (κ2) is 9.06. The first-order valence-corrected chi connectivity index (χ1v) is 9.47. The molecule has 1 unspecified atom stereocenters. The number of amides is 1. The van der Waals surface area contributed by atoms with Gasteiger partial charge in [-0.1, -0.05) is 23.7 Å². The van der Waals surface area contributed by atoms with E-state index < -0.39 is 6.10 Å². The van der Waals surface area contributed by atoms with Gasteiger partial charge in [0.15, 0.2) is 6.10 Å². The van der Waals surface area contributed by atoms with Crippen LogP contribution in [0.25, 0.3) is 0 Å². The number of pyridine rings is 1. The van der Waals surface area contributed by atoms with Crippen LogP contribution in [0.1, 0.15) is 12.5 Å². The van der Waals surface area contributed by atoms with Gasteiger partial charge in [0.25, 0.3) is 5.91 Å². The lowest BCUT2D eigenvalue weighted by molar-refractivity contribution is -0.127. The van der Waals surface area contributed by atoms with E-state index in [1.54, 1.807) is 31.2 Å². The molecule has 27 heavy (non-hydrogen) atoms. The first-order valence-electron chi connectivity index (χ1n) is 9.09. The van der Waals surface area contributed by atoms with Crippen molar-refractivity contribution in [3.05, 3.63) is 53.2 Å². The molecule has 7 heteroatoms. The third kappa shape index (κ3) is 5.58. The number of anilines is 1. The zero-order valence-electron chi connectivity index (χ0n) is 15.7. The highest BCUT2D eigenvalue weighted by Crippen LogP contribution is 2.18. The van der Waals surface area contributed by atoms with Crippen molar-refractivity contribution in [2.75, 3.05) is 38.1 Å². The number of hydrogen-bond acceptors (Lipinski definition) is 5. The minimum Gasteiger partial charge on any atom is -0.481 e. The molecule has 1 saturated heterocycles. The molecular weight excluding hydrogens is 364 g/mol. The van der Waals surface area contributed by atoms with Crippen molar-refractivity contribution in [2.45, 2.75) is 19.6 Å². The van der Waals surface area contributed by atoms with Gasteiger partial charge < -0.3 is 19.9 Å². The van der Waals surface area contributed by atoms with Crippen LogP contribution in [0.2, 0.25) is 5.02 Å². The summed E-state index contributed by atoms with van der Waals surface area (Å²) in [6.45, 7) is 6.19. The van der Waals surface area contributed by atoms with Crippen LogP contribution < -0.4 is 15.0 Å². The summed E-state index contributed by atoms with van der Waals surface area (Å²) in [5.41, 5.74) is 0.955. The number of likely N-dealkylation sites (N-methyl/N-ethyl adjacent to an activating group) is 1. The number of hydrogen-bond donors (Lipinski definition) is 1. The van der Waals surface area contributed by atoms with Gasteiger partial charge in [-0.15, -0.1) is 0 Å². The van der Waals surface area contributed by atoms with E-state index in [4.69, 9.17) is 16.3 Å². The van der Waals surface area contributed by atoms with Crippen LogP contribution in [0.3, 0.4) is 0 Å². The maximum atomic E-state index is 12.2. The molecule has 0 aliphatic carbocycles. The van der Waals surface area contributed by atoms with Crippen LogP contribution in [0, 0.1) is 0 Å². The Kier molecular flexibility index (Phi) is 6.53. The fraction of sp³-hybridized carbons (Fsp3) is 0.400. The molecule has 0 radical (unpaired) electrons. The largest absolute Gasteiger partial charge is 0.481 e. The van der Waals surface area contributed by atoms with E-state index in [1.807, 2.05) is 18.3 Å². The summed E-state index contributed by atoms with van der Waals surface area (Å²) < 4.78 is 5.63. The Bertz CT molecular complexity index is 761. The summed E-state index contributed by atoms with van der Waals surface area (Å²) in [5, 5.41) is 3.46. The number of halogens is 1. The normalized spacial score (nSPS) is 16.0. The zero-order chi connectivity index (χ0) is 19.2. The Morgan fingerprint density at radius 3 is 2.70 bits per heavy atom. The van der Waals surface area contributed by atoms with Crippen molar-refractivity contribution in [3.63, 3.8) is 0 Å². The van der Waals surface area contributed by atoms with E-state index in [1.165, 1.54) is 0 Å². The number of aromatic nitrogens is 1. The van der Waals surface area contributed by atoms with E-state index in [9.17, 15) is 4.79 Å². The number of ether oxygens (including phenoxy) is 1. The van der Waals surface area contributed by atoms with Gasteiger partial charge in [0.1, 0.15) is 11.6 Å². The van der Waals surface area contributed by atoms with Crippen LogP contribution in [0.15, 0.2) is 42.6 Å².